The second kappa shape index (κ2) is 9.58. The molecule has 180 valence electrons. The number of carbonyl (C=O) groups is 2. The molecule has 0 radical (unpaired) electrons. The number of benzene rings is 1. The van der Waals surface area contributed by atoms with E-state index < -0.39 is 46.5 Å². The summed E-state index contributed by atoms with van der Waals surface area (Å²) in [4.78, 5) is 26.2. The van der Waals surface area contributed by atoms with Crippen molar-refractivity contribution < 1.29 is 37.0 Å². The van der Waals surface area contributed by atoms with Crippen molar-refractivity contribution in [3.63, 3.8) is 0 Å². The molecule has 1 aliphatic rings. The number of ether oxygens (including phenoxy) is 3. The highest BCUT2D eigenvalue weighted by atomic mass is 19.4. The SMILES string of the molecule is CCOC(=O)[C@@H]1CCCN(c2cccc(OC(C)(C)C(=O)OC(C)(C)C)c2C(F)(F)F)C1. The lowest BCUT2D eigenvalue weighted by molar-refractivity contribution is -0.172. The molecule has 0 amide bonds. The Bertz CT molecular complexity index is 830. The van der Waals surface area contributed by atoms with Gasteiger partial charge in [0.15, 0.2) is 5.60 Å². The van der Waals surface area contributed by atoms with Crippen molar-refractivity contribution in [2.24, 2.45) is 5.92 Å². The van der Waals surface area contributed by atoms with Gasteiger partial charge < -0.3 is 19.1 Å². The molecule has 9 heteroatoms. The standard InChI is InChI=1S/C23H32F3NO5/c1-7-30-19(28)15-10-9-13-27(14-15)16-11-8-12-17(18(16)23(24,25)26)31-22(5,6)20(29)32-21(2,3)4/h8,11-12,15H,7,9-10,13-14H2,1-6H3/t15-/m1/s1. The normalized spacial score (nSPS) is 17.7. The number of hydrogen-bond acceptors (Lipinski definition) is 6. The van der Waals surface area contributed by atoms with Gasteiger partial charge in [-0.25, -0.2) is 4.79 Å². The van der Waals surface area contributed by atoms with Gasteiger partial charge in [-0.15, -0.1) is 0 Å². The van der Waals surface area contributed by atoms with Crippen molar-refractivity contribution >= 4 is 17.6 Å². The number of piperidine rings is 1. The molecule has 1 aromatic rings. The van der Waals surface area contributed by atoms with E-state index in [4.69, 9.17) is 14.2 Å². The van der Waals surface area contributed by atoms with Crippen molar-refractivity contribution in [3.05, 3.63) is 23.8 Å². The Morgan fingerprint density at radius 3 is 2.34 bits per heavy atom. The Hall–Kier alpha value is -2.45. The number of halogens is 3. The lowest BCUT2D eigenvalue weighted by Crippen LogP contribution is -2.44. The van der Waals surface area contributed by atoms with Crippen LogP contribution < -0.4 is 9.64 Å². The third kappa shape index (κ3) is 6.53. The molecule has 0 N–H and O–H groups in total. The molecule has 0 bridgehead atoms. The van der Waals surface area contributed by atoms with Crippen LogP contribution in [-0.4, -0.2) is 42.8 Å². The van der Waals surface area contributed by atoms with Gasteiger partial charge in [-0.1, -0.05) is 6.07 Å². The zero-order valence-electron chi connectivity index (χ0n) is 19.5. The summed E-state index contributed by atoms with van der Waals surface area (Å²) in [6, 6.07) is 3.98. The predicted molar refractivity (Wildman–Crippen MR) is 114 cm³/mol. The first-order chi connectivity index (χ1) is 14.7. The molecule has 1 saturated heterocycles. The van der Waals surface area contributed by atoms with Crippen LogP contribution in [0.25, 0.3) is 0 Å². The molecule has 1 aromatic carbocycles. The van der Waals surface area contributed by atoms with Crippen molar-refractivity contribution in [1.29, 1.82) is 0 Å². The van der Waals surface area contributed by atoms with Gasteiger partial charge in [-0.2, -0.15) is 13.2 Å². The average Bonchev–Trinajstić information content (AvgIpc) is 2.65. The van der Waals surface area contributed by atoms with Crippen LogP contribution in [0.1, 0.15) is 59.9 Å². The highest BCUT2D eigenvalue weighted by molar-refractivity contribution is 5.80. The summed E-state index contributed by atoms with van der Waals surface area (Å²) >= 11 is 0. The van der Waals surface area contributed by atoms with Crippen LogP contribution in [0.2, 0.25) is 0 Å². The van der Waals surface area contributed by atoms with E-state index in [1.165, 1.54) is 36.9 Å². The zero-order chi connectivity index (χ0) is 24.3. The van der Waals surface area contributed by atoms with Crippen LogP contribution in [0.3, 0.4) is 0 Å². The van der Waals surface area contributed by atoms with Gasteiger partial charge in [0.25, 0.3) is 0 Å². The number of alkyl halides is 3. The first-order valence-corrected chi connectivity index (χ1v) is 10.7. The van der Waals surface area contributed by atoms with E-state index in [-0.39, 0.29) is 18.8 Å². The summed E-state index contributed by atoms with van der Waals surface area (Å²) in [7, 11) is 0. The summed E-state index contributed by atoms with van der Waals surface area (Å²) < 4.78 is 58.5. The third-order valence-electron chi connectivity index (χ3n) is 4.93. The molecule has 1 heterocycles. The summed E-state index contributed by atoms with van der Waals surface area (Å²) in [5.74, 6) is -2.16. The van der Waals surface area contributed by atoms with E-state index in [0.717, 1.165) is 0 Å². The molecule has 0 unspecified atom stereocenters. The van der Waals surface area contributed by atoms with Crippen LogP contribution in [0.15, 0.2) is 18.2 Å². The molecule has 1 fully saturated rings. The van der Waals surface area contributed by atoms with Crippen LogP contribution in [0.5, 0.6) is 5.75 Å². The van der Waals surface area contributed by atoms with E-state index in [1.807, 2.05) is 0 Å². The minimum atomic E-state index is -4.74. The van der Waals surface area contributed by atoms with E-state index in [2.05, 4.69) is 0 Å². The number of rotatable bonds is 6. The summed E-state index contributed by atoms with van der Waals surface area (Å²) in [6.07, 6.45) is -3.64. The van der Waals surface area contributed by atoms with Crippen LogP contribution in [0, 0.1) is 5.92 Å². The predicted octanol–water partition coefficient (Wildman–Crippen LogP) is 4.98. The number of hydrogen-bond donors (Lipinski definition) is 0. The number of carbonyl (C=O) groups excluding carboxylic acids is 2. The molecule has 0 aromatic heterocycles. The van der Waals surface area contributed by atoms with Crippen LogP contribution in [-0.2, 0) is 25.2 Å². The summed E-state index contributed by atoms with van der Waals surface area (Å²) in [5.41, 5.74) is -3.55. The quantitative estimate of drug-likeness (QED) is 0.559. The number of esters is 2. The molecule has 0 aliphatic carbocycles. The van der Waals surface area contributed by atoms with Gasteiger partial charge in [0.05, 0.1) is 18.2 Å². The second-order valence-corrected chi connectivity index (χ2v) is 9.30. The number of nitrogens with zero attached hydrogens (tertiary/aromatic N) is 1. The molecule has 1 atom stereocenters. The highest BCUT2D eigenvalue weighted by Gasteiger charge is 2.43. The molecule has 0 saturated carbocycles. The van der Waals surface area contributed by atoms with E-state index in [9.17, 15) is 22.8 Å². The molecule has 2 rings (SSSR count). The van der Waals surface area contributed by atoms with E-state index in [1.54, 1.807) is 27.7 Å². The highest BCUT2D eigenvalue weighted by Crippen LogP contribution is 2.44. The smallest absolute Gasteiger partial charge is 0.421 e. The fourth-order valence-electron chi connectivity index (χ4n) is 3.52. The molecule has 6 nitrogen and oxygen atoms in total. The average molecular weight is 460 g/mol. The molecule has 32 heavy (non-hydrogen) atoms. The Balaban J connectivity index is 2.40. The van der Waals surface area contributed by atoms with Gasteiger partial charge in [-0.3, -0.25) is 4.79 Å². The minimum absolute atomic E-state index is 0.0935. The largest absolute Gasteiger partial charge is 0.475 e. The van der Waals surface area contributed by atoms with E-state index >= 15 is 0 Å². The van der Waals surface area contributed by atoms with Crippen molar-refractivity contribution in [2.75, 3.05) is 24.6 Å². The van der Waals surface area contributed by atoms with Crippen molar-refractivity contribution in [3.8, 4) is 5.75 Å². The lowest BCUT2D eigenvalue weighted by Gasteiger charge is -2.36. The maximum Gasteiger partial charge on any atom is 0.421 e. The fourth-order valence-corrected chi connectivity index (χ4v) is 3.52. The van der Waals surface area contributed by atoms with Gasteiger partial charge in [0.2, 0.25) is 0 Å². The van der Waals surface area contributed by atoms with Gasteiger partial charge >= 0.3 is 18.1 Å². The molecular weight excluding hydrogens is 427 g/mol. The first-order valence-electron chi connectivity index (χ1n) is 10.7. The van der Waals surface area contributed by atoms with Gasteiger partial charge in [-0.05, 0) is 66.5 Å². The number of anilines is 1. The molecule has 0 spiro atoms. The Kier molecular flexibility index (Phi) is 7.73. The topological polar surface area (TPSA) is 65.1 Å². The van der Waals surface area contributed by atoms with Crippen molar-refractivity contribution in [1.82, 2.24) is 0 Å². The maximum absolute atomic E-state index is 14.2. The van der Waals surface area contributed by atoms with Crippen LogP contribution >= 0.6 is 0 Å². The Morgan fingerprint density at radius 2 is 1.78 bits per heavy atom. The maximum atomic E-state index is 14.2. The third-order valence-corrected chi connectivity index (χ3v) is 4.93. The summed E-state index contributed by atoms with van der Waals surface area (Å²) in [5, 5.41) is 0. The minimum Gasteiger partial charge on any atom is -0.475 e. The lowest BCUT2D eigenvalue weighted by atomic mass is 9.96. The molecular formula is C23H32F3NO5. The van der Waals surface area contributed by atoms with E-state index in [0.29, 0.717) is 19.4 Å². The van der Waals surface area contributed by atoms with Crippen molar-refractivity contribution in [2.45, 2.75) is 71.8 Å². The fraction of sp³-hybridized carbons (Fsp3) is 0.652. The van der Waals surface area contributed by atoms with Gasteiger partial charge in [0.1, 0.15) is 16.9 Å². The Morgan fingerprint density at radius 1 is 1.12 bits per heavy atom. The summed E-state index contributed by atoms with van der Waals surface area (Å²) in [6.45, 7) is 10.1. The second-order valence-electron chi connectivity index (χ2n) is 9.30. The first kappa shape index (κ1) is 25.8. The Labute approximate surface area is 187 Å². The van der Waals surface area contributed by atoms with Gasteiger partial charge in [0, 0.05) is 13.1 Å². The van der Waals surface area contributed by atoms with Crippen LogP contribution in [0.4, 0.5) is 18.9 Å². The zero-order valence-corrected chi connectivity index (χ0v) is 19.5. The molecule has 1 aliphatic heterocycles. The monoisotopic (exact) mass is 459 g/mol.